The summed E-state index contributed by atoms with van der Waals surface area (Å²) < 4.78 is 5.63. The molecule has 9 heteroatoms. The van der Waals surface area contributed by atoms with Gasteiger partial charge in [0.05, 0.1) is 27.4 Å². The number of nitrogens with one attached hydrogen (secondary N) is 1. The Morgan fingerprint density at radius 1 is 0.794 bits per heavy atom. The van der Waals surface area contributed by atoms with Crippen LogP contribution in [-0.4, -0.2) is 18.1 Å². The highest BCUT2D eigenvalue weighted by molar-refractivity contribution is 6.37. The fraction of sp³-hybridized carbons (Fsp3) is 0. The van der Waals surface area contributed by atoms with Gasteiger partial charge in [-0.1, -0.05) is 76.7 Å². The van der Waals surface area contributed by atoms with Crippen LogP contribution < -0.4 is 10.2 Å². The average molecular weight is 532 g/mol. The summed E-state index contributed by atoms with van der Waals surface area (Å²) in [7, 11) is 0. The van der Waals surface area contributed by atoms with Gasteiger partial charge in [0.15, 0.2) is 0 Å². The number of esters is 1. The van der Waals surface area contributed by atoms with Crippen LogP contribution in [0.5, 0.6) is 5.75 Å². The van der Waals surface area contributed by atoms with Crippen LogP contribution in [0.3, 0.4) is 0 Å². The van der Waals surface area contributed by atoms with Gasteiger partial charge >= 0.3 is 5.97 Å². The van der Waals surface area contributed by atoms with Crippen molar-refractivity contribution >= 4 is 75.3 Å². The molecule has 0 aliphatic rings. The lowest BCUT2D eigenvalue weighted by Crippen LogP contribution is -2.18. The molecule has 4 aromatic carbocycles. The normalized spacial score (nSPS) is 11.1. The van der Waals surface area contributed by atoms with E-state index in [4.69, 9.17) is 51.1 Å². The number of carbonyl (C=O) groups excluding carboxylic acids is 2. The highest BCUT2D eigenvalue weighted by Gasteiger charge is 2.17. The lowest BCUT2D eigenvalue weighted by molar-refractivity contribution is 0.0734. The smallest absolute Gasteiger partial charge is 0.345 e. The van der Waals surface area contributed by atoms with E-state index >= 15 is 0 Å². The zero-order valence-electron chi connectivity index (χ0n) is 17.2. The maximum Gasteiger partial charge on any atom is 0.345 e. The Bertz CT molecular complexity index is 1450. The largest absolute Gasteiger partial charge is 0.422 e. The van der Waals surface area contributed by atoms with Crippen LogP contribution in [0, 0.1) is 0 Å². The molecule has 0 aliphatic carbocycles. The van der Waals surface area contributed by atoms with Crippen LogP contribution in [0.4, 0.5) is 0 Å². The monoisotopic (exact) mass is 530 g/mol. The molecule has 0 spiro atoms. The number of rotatable bonds is 5. The highest BCUT2D eigenvalue weighted by Crippen LogP contribution is 2.29. The van der Waals surface area contributed by atoms with Crippen LogP contribution in [-0.2, 0) is 0 Å². The first kappa shape index (κ1) is 24.0. The number of nitrogens with zero attached hydrogens (tertiary/aromatic N) is 1. The molecule has 1 amide bonds. The van der Waals surface area contributed by atoms with Crippen molar-refractivity contribution in [3.05, 3.63) is 110 Å². The number of benzene rings is 4. The van der Waals surface area contributed by atoms with Gasteiger partial charge in [0, 0.05) is 15.6 Å². The average Bonchev–Trinajstić information content (AvgIpc) is 2.80. The van der Waals surface area contributed by atoms with E-state index in [2.05, 4.69) is 10.5 Å². The summed E-state index contributed by atoms with van der Waals surface area (Å²) in [5, 5.41) is 6.87. The minimum atomic E-state index is -0.663. The second kappa shape index (κ2) is 10.5. The molecule has 0 radical (unpaired) electrons. The molecule has 0 bridgehead atoms. The van der Waals surface area contributed by atoms with Crippen molar-refractivity contribution in [2.75, 3.05) is 0 Å². The van der Waals surface area contributed by atoms with E-state index in [-0.39, 0.29) is 26.9 Å². The van der Waals surface area contributed by atoms with Crippen LogP contribution in [0.15, 0.2) is 77.9 Å². The van der Waals surface area contributed by atoms with Gasteiger partial charge in [0.1, 0.15) is 5.75 Å². The number of hydrogen-bond donors (Lipinski definition) is 1. The van der Waals surface area contributed by atoms with Crippen molar-refractivity contribution in [2.24, 2.45) is 5.10 Å². The Balaban J connectivity index is 1.64. The molecule has 34 heavy (non-hydrogen) atoms. The number of ether oxygens (including phenoxy) is 1. The maximum absolute atomic E-state index is 12.8. The Morgan fingerprint density at radius 3 is 2.12 bits per heavy atom. The molecule has 0 fully saturated rings. The van der Waals surface area contributed by atoms with Gasteiger partial charge in [-0.2, -0.15) is 5.10 Å². The molecule has 4 aromatic rings. The fourth-order valence-corrected chi connectivity index (χ4v) is 4.18. The highest BCUT2D eigenvalue weighted by atomic mass is 35.5. The third kappa shape index (κ3) is 5.34. The van der Waals surface area contributed by atoms with Gasteiger partial charge in [0.25, 0.3) is 5.91 Å². The van der Waals surface area contributed by atoms with E-state index in [1.807, 2.05) is 30.3 Å². The molecule has 5 nitrogen and oxygen atoms in total. The SMILES string of the molecule is O=C(N/N=C/c1c(OC(=O)c2ccc(Cl)cc2Cl)ccc2ccccc12)c1ccc(Cl)cc1Cl. The molecule has 0 heterocycles. The van der Waals surface area contributed by atoms with Crippen molar-refractivity contribution in [3.8, 4) is 5.75 Å². The van der Waals surface area contributed by atoms with E-state index < -0.39 is 11.9 Å². The first-order valence-corrected chi connectivity index (χ1v) is 11.3. The molecule has 0 aliphatic heterocycles. The van der Waals surface area contributed by atoms with E-state index in [9.17, 15) is 9.59 Å². The van der Waals surface area contributed by atoms with Gasteiger partial charge in [-0.3, -0.25) is 4.79 Å². The number of hydrogen-bond acceptors (Lipinski definition) is 4. The summed E-state index contributed by atoms with van der Waals surface area (Å²) in [6.45, 7) is 0. The molecular formula is C25H14Cl4N2O3. The summed E-state index contributed by atoms with van der Waals surface area (Å²) >= 11 is 24.0. The summed E-state index contributed by atoms with van der Waals surface area (Å²) in [6, 6.07) is 19.9. The molecule has 0 saturated carbocycles. The summed E-state index contributed by atoms with van der Waals surface area (Å²) in [5.41, 5.74) is 3.29. The second-order valence-electron chi connectivity index (χ2n) is 7.04. The first-order chi connectivity index (χ1) is 16.3. The van der Waals surface area contributed by atoms with Crippen molar-refractivity contribution in [1.29, 1.82) is 0 Å². The van der Waals surface area contributed by atoms with Crippen LogP contribution in [0.25, 0.3) is 10.8 Å². The van der Waals surface area contributed by atoms with Gasteiger partial charge in [-0.05, 0) is 53.2 Å². The molecule has 0 unspecified atom stereocenters. The van der Waals surface area contributed by atoms with Crippen LogP contribution >= 0.6 is 46.4 Å². The van der Waals surface area contributed by atoms with Gasteiger partial charge in [0.2, 0.25) is 0 Å². The molecular weight excluding hydrogens is 518 g/mol. The first-order valence-electron chi connectivity index (χ1n) is 9.81. The minimum absolute atomic E-state index is 0.160. The molecule has 0 aromatic heterocycles. The standard InChI is InChI=1S/C25H14Cl4N2O3/c26-15-6-8-18(21(28)11-15)24(32)31-30-13-20-17-4-2-1-3-14(17)5-10-23(20)34-25(33)19-9-7-16(27)12-22(19)29/h1-13H,(H,31,32)/b30-13+. The predicted octanol–water partition coefficient (Wildman–Crippen LogP) is 7.44. The summed E-state index contributed by atoms with van der Waals surface area (Å²) in [5.74, 6) is -0.953. The Kier molecular flexibility index (Phi) is 7.39. The lowest BCUT2D eigenvalue weighted by atomic mass is 10.0. The summed E-state index contributed by atoms with van der Waals surface area (Å²) in [4.78, 5) is 25.3. The predicted molar refractivity (Wildman–Crippen MR) is 137 cm³/mol. The van der Waals surface area contributed by atoms with E-state index in [0.29, 0.717) is 15.6 Å². The third-order valence-electron chi connectivity index (χ3n) is 4.82. The molecule has 0 atom stereocenters. The Morgan fingerprint density at radius 2 is 1.44 bits per heavy atom. The third-order valence-corrected chi connectivity index (χ3v) is 5.92. The van der Waals surface area contributed by atoms with Crippen molar-refractivity contribution in [3.63, 3.8) is 0 Å². The molecule has 4 rings (SSSR count). The Labute approximate surface area is 214 Å². The number of fused-ring (bicyclic) bond motifs is 1. The second-order valence-corrected chi connectivity index (χ2v) is 8.72. The fourth-order valence-electron chi connectivity index (χ4n) is 3.20. The van der Waals surface area contributed by atoms with Crippen molar-refractivity contribution in [1.82, 2.24) is 5.43 Å². The van der Waals surface area contributed by atoms with Crippen LogP contribution in [0.1, 0.15) is 26.3 Å². The Hall–Kier alpha value is -3.09. The van der Waals surface area contributed by atoms with Gasteiger partial charge in [-0.25, -0.2) is 10.2 Å². The maximum atomic E-state index is 12.8. The minimum Gasteiger partial charge on any atom is -0.422 e. The molecule has 170 valence electrons. The zero-order chi connectivity index (χ0) is 24.2. The van der Waals surface area contributed by atoms with Gasteiger partial charge in [-0.15, -0.1) is 0 Å². The number of hydrazone groups is 1. The topological polar surface area (TPSA) is 67.8 Å². The number of amides is 1. The molecule has 0 saturated heterocycles. The zero-order valence-corrected chi connectivity index (χ0v) is 20.2. The quantitative estimate of drug-likeness (QED) is 0.126. The molecule has 1 N–H and O–H groups in total. The number of halogens is 4. The lowest BCUT2D eigenvalue weighted by Gasteiger charge is -2.11. The van der Waals surface area contributed by atoms with Gasteiger partial charge < -0.3 is 4.74 Å². The number of carbonyl (C=O) groups is 2. The van der Waals surface area contributed by atoms with E-state index in [0.717, 1.165) is 10.8 Å². The van der Waals surface area contributed by atoms with Crippen LogP contribution in [0.2, 0.25) is 20.1 Å². The van der Waals surface area contributed by atoms with E-state index in [1.54, 1.807) is 18.2 Å². The van der Waals surface area contributed by atoms with E-state index in [1.165, 1.54) is 30.5 Å². The van der Waals surface area contributed by atoms with Crippen molar-refractivity contribution in [2.45, 2.75) is 0 Å². The van der Waals surface area contributed by atoms with Crippen molar-refractivity contribution < 1.29 is 14.3 Å². The summed E-state index contributed by atoms with van der Waals surface area (Å²) in [6.07, 6.45) is 1.40.